The van der Waals surface area contributed by atoms with Crippen molar-refractivity contribution in [3.8, 4) is 0 Å². The highest BCUT2D eigenvalue weighted by molar-refractivity contribution is 5.79. The lowest BCUT2D eigenvalue weighted by Crippen LogP contribution is -2.43. The second kappa shape index (κ2) is 10.6. The Kier molecular flexibility index (Phi) is 9.18. The maximum atomic E-state index is 12.2. The number of rotatable bonds is 6. The van der Waals surface area contributed by atoms with E-state index < -0.39 is 18.2 Å². The summed E-state index contributed by atoms with van der Waals surface area (Å²) in [5.41, 5.74) is -0.517. The van der Waals surface area contributed by atoms with Crippen LogP contribution in [0.3, 0.4) is 0 Å². The first-order valence-electron chi connectivity index (χ1n) is 9.57. The van der Waals surface area contributed by atoms with Crippen molar-refractivity contribution < 1.29 is 22.7 Å². The van der Waals surface area contributed by atoms with E-state index in [4.69, 9.17) is 4.74 Å². The van der Waals surface area contributed by atoms with Crippen LogP contribution in [0.4, 0.5) is 18.0 Å². The third kappa shape index (κ3) is 10.9. The molecule has 1 amide bonds. The molecule has 0 aromatic heterocycles. The Balaban J connectivity index is 2.44. The Hall–Kier alpha value is -1.67. The van der Waals surface area contributed by atoms with Crippen molar-refractivity contribution in [2.75, 3.05) is 32.7 Å². The number of piperidine rings is 1. The summed E-state index contributed by atoms with van der Waals surface area (Å²) in [5, 5.41) is 5.65. The van der Waals surface area contributed by atoms with Gasteiger partial charge in [-0.1, -0.05) is 0 Å². The monoisotopic (exact) mass is 394 g/mol. The van der Waals surface area contributed by atoms with Crippen LogP contribution in [0.2, 0.25) is 0 Å². The fraction of sp³-hybridized carbons (Fsp3) is 0.889. The third-order valence-electron chi connectivity index (χ3n) is 4.02. The zero-order valence-corrected chi connectivity index (χ0v) is 16.8. The highest BCUT2D eigenvalue weighted by Crippen LogP contribution is 2.22. The second-order valence-corrected chi connectivity index (χ2v) is 7.78. The van der Waals surface area contributed by atoms with Crippen LogP contribution in [-0.2, 0) is 4.74 Å². The molecule has 0 saturated carbocycles. The minimum atomic E-state index is -4.18. The van der Waals surface area contributed by atoms with Gasteiger partial charge in [0.15, 0.2) is 5.96 Å². The lowest BCUT2D eigenvalue weighted by atomic mass is 9.95. The van der Waals surface area contributed by atoms with Crippen molar-refractivity contribution in [2.45, 2.75) is 65.2 Å². The molecule has 158 valence electrons. The summed E-state index contributed by atoms with van der Waals surface area (Å²) in [5.74, 6) is 0.703. The summed E-state index contributed by atoms with van der Waals surface area (Å²) in [6.07, 6.45) is -2.68. The van der Waals surface area contributed by atoms with E-state index in [2.05, 4.69) is 15.6 Å². The van der Waals surface area contributed by atoms with Crippen LogP contribution in [-0.4, -0.2) is 61.5 Å². The first kappa shape index (κ1) is 23.4. The SMILES string of the molecule is CCNC(=NCCC1CCCN(C(=O)OC(C)(C)C)C1)NCCC(F)(F)F. The van der Waals surface area contributed by atoms with Crippen LogP contribution in [0.5, 0.6) is 0 Å². The van der Waals surface area contributed by atoms with Crippen molar-refractivity contribution in [1.29, 1.82) is 0 Å². The molecule has 1 rings (SSSR count). The predicted molar refractivity (Wildman–Crippen MR) is 99.8 cm³/mol. The molecule has 1 aliphatic heterocycles. The number of hydrogen-bond donors (Lipinski definition) is 2. The number of hydrogen-bond acceptors (Lipinski definition) is 3. The van der Waals surface area contributed by atoms with Crippen molar-refractivity contribution in [3.05, 3.63) is 0 Å². The van der Waals surface area contributed by atoms with Gasteiger partial charge in [-0.05, 0) is 52.9 Å². The topological polar surface area (TPSA) is 66.0 Å². The lowest BCUT2D eigenvalue weighted by Gasteiger charge is -2.34. The Bertz CT molecular complexity index is 490. The molecule has 1 aliphatic rings. The van der Waals surface area contributed by atoms with E-state index in [0.717, 1.165) is 19.3 Å². The van der Waals surface area contributed by atoms with Crippen molar-refractivity contribution in [2.24, 2.45) is 10.9 Å². The van der Waals surface area contributed by atoms with E-state index >= 15 is 0 Å². The number of guanidine groups is 1. The van der Waals surface area contributed by atoms with E-state index in [0.29, 0.717) is 38.1 Å². The molecule has 0 bridgehead atoms. The van der Waals surface area contributed by atoms with Gasteiger partial charge in [-0.25, -0.2) is 4.79 Å². The number of amides is 1. The molecule has 1 unspecified atom stereocenters. The smallest absolute Gasteiger partial charge is 0.410 e. The van der Waals surface area contributed by atoms with Crippen LogP contribution >= 0.6 is 0 Å². The van der Waals surface area contributed by atoms with Crippen LogP contribution in [0, 0.1) is 5.92 Å². The molecular weight excluding hydrogens is 361 g/mol. The number of halogens is 3. The van der Waals surface area contributed by atoms with E-state index in [1.807, 2.05) is 27.7 Å². The van der Waals surface area contributed by atoms with Gasteiger partial charge < -0.3 is 20.3 Å². The van der Waals surface area contributed by atoms with E-state index in [1.54, 1.807) is 4.90 Å². The molecule has 0 aromatic rings. The number of likely N-dealkylation sites (tertiary alicyclic amines) is 1. The zero-order valence-electron chi connectivity index (χ0n) is 16.8. The molecule has 1 fully saturated rings. The third-order valence-corrected chi connectivity index (χ3v) is 4.02. The molecular formula is C18H33F3N4O2. The lowest BCUT2D eigenvalue weighted by molar-refractivity contribution is -0.132. The number of nitrogens with one attached hydrogen (secondary N) is 2. The summed E-state index contributed by atoms with van der Waals surface area (Å²) >= 11 is 0. The summed E-state index contributed by atoms with van der Waals surface area (Å²) < 4.78 is 42.2. The maximum absolute atomic E-state index is 12.2. The molecule has 2 N–H and O–H groups in total. The fourth-order valence-electron chi connectivity index (χ4n) is 2.82. The molecule has 1 heterocycles. The number of carbonyl (C=O) groups excluding carboxylic acids is 1. The van der Waals surface area contributed by atoms with Gasteiger partial charge >= 0.3 is 12.3 Å². The normalized spacial score (nSPS) is 19.0. The first-order valence-corrected chi connectivity index (χ1v) is 9.57. The molecule has 1 atom stereocenters. The Labute approximate surface area is 159 Å². The summed E-state index contributed by atoms with van der Waals surface area (Å²) in [7, 11) is 0. The van der Waals surface area contributed by atoms with Gasteiger partial charge in [-0.15, -0.1) is 0 Å². The minimum Gasteiger partial charge on any atom is -0.444 e. The van der Waals surface area contributed by atoms with Crippen LogP contribution in [0.25, 0.3) is 0 Å². The number of carbonyl (C=O) groups is 1. The van der Waals surface area contributed by atoms with Gasteiger partial charge in [-0.3, -0.25) is 4.99 Å². The standard InChI is InChI=1S/C18H33F3N4O2/c1-5-22-15(24-11-9-18(19,20)21)23-10-8-14-7-6-12-25(13-14)16(26)27-17(2,3)4/h14H,5-13H2,1-4H3,(H2,22,23,24). The highest BCUT2D eigenvalue weighted by atomic mass is 19.4. The van der Waals surface area contributed by atoms with Crippen LogP contribution < -0.4 is 10.6 Å². The summed E-state index contributed by atoms with van der Waals surface area (Å²) in [6.45, 7) is 9.58. The van der Waals surface area contributed by atoms with Crippen molar-refractivity contribution in [3.63, 3.8) is 0 Å². The van der Waals surface area contributed by atoms with E-state index in [9.17, 15) is 18.0 Å². The van der Waals surface area contributed by atoms with Gasteiger partial charge in [0, 0.05) is 32.7 Å². The summed E-state index contributed by atoms with van der Waals surface area (Å²) in [6, 6.07) is 0. The average Bonchev–Trinajstić information content (AvgIpc) is 2.52. The van der Waals surface area contributed by atoms with Gasteiger partial charge in [0.2, 0.25) is 0 Å². The highest BCUT2D eigenvalue weighted by Gasteiger charge is 2.28. The largest absolute Gasteiger partial charge is 0.444 e. The number of ether oxygens (including phenoxy) is 1. The molecule has 27 heavy (non-hydrogen) atoms. The molecule has 0 aliphatic carbocycles. The average molecular weight is 394 g/mol. The molecule has 0 spiro atoms. The van der Waals surface area contributed by atoms with Gasteiger partial charge in [0.25, 0.3) is 0 Å². The van der Waals surface area contributed by atoms with Crippen LogP contribution in [0.1, 0.15) is 53.4 Å². The molecule has 0 aromatic carbocycles. The molecule has 6 nitrogen and oxygen atoms in total. The quantitative estimate of drug-likeness (QED) is 0.534. The van der Waals surface area contributed by atoms with Crippen molar-refractivity contribution in [1.82, 2.24) is 15.5 Å². The van der Waals surface area contributed by atoms with Gasteiger partial charge in [0.05, 0.1) is 6.42 Å². The molecule has 9 heteroatoms. The number of aliphatic imine (C=N–C) groups is 1. The van der Waals surface area contributed by atoms with Crippen LogP contribution in [0.15, 0.2) is 4.99 Å². The second-order valence-electron chi connectivity index (χ2n) is 7.78. The molecule has 1 saturated heterocycles. The Morgan fingerprint density at radius 2 is 1.96 bits per heavy atom. The Morgan fingerprint density at radius 1 is 1.26 bits per heavy atom. The number of alkyl halides is 3. The zero-order chi connectivity index (χ0) is 20.5. The van der Waals surface area contributed by atoms with E-state index in [-0.39, 0.29) is 12.6 Å². The van der Waals surface area contributed by atoms with E-state index in [1.165, 1.54) is 0 Å². The Morgan fingerprint density at radius 3 is 2.56 bits per heavy atom. The number of nitrogens with zero attached hydrogens (tertiary/aromatic N) is 2. The molecule has 0 radical (unpaired) electrons. The summed E-state index contributed by atoms with van der Waals surface area (Å²) in [4.78, 5) is 18.3. The first-order chi connectivity index (χ1) is 12.5. The van der Waals surface area contributed by atoms with Gasteiger partial charge in [-0.2, -0.15) is 13.2 Å². The predicted octanol–water partition coefficient (Wildman–Crippen LogP) is 3.53. The maximum Gasteiger partial charge on any atom is 0.410 e. The minimum absolute atomic E-state index is 0.203. The van der Waals surface area contributed by atoms with Crippen molar-refractivity contribution >= 4 is 12.1 Å². The van der Waals surface area contributed by atoms with Gasteiger partial charge in [0.1, 0.15) is 5.60 Å². The fourth-order valence-corrected chi connectivity index (χ4v) is 2.82.